The SMILES string of the molecule is CCOC(=O)CCC(O)c1cc(Cl)c2c(c1)OCCCO2. The molecule has 1 aliphatic heterocycles. The second-order valence-electron chi connectivity index (χ2n) is 4.74. The maximum atomic E-state index is 11.3. The lowest BCUT2D eigenvalue weighted by Gasteiger charge is -2.15. The smallest absolute Gasteiger partial charge is 0.305 e. The molecule has 1 aliphatic rings. The van der Waals surface area contributed by atoms with Crippen molar-refractivity contribution in [2.75, 3.05) is 19.8 Å². The number of aliphatic hydroxyl groups is 1. The molecule has 6 heteroatoms. The predicted molar refractivity (Wildman–Crippen MR) is 77.9 cm³/mol. The summed E-state index contributed by atoms with van der Waals surface area (Å²) in [6.07, 6.45) is 0.408. The molecular weight excluding hydrogens is 296 g/mol. The Balaban J connectivity index is 2.07. The molecule has 1 aromatic rings. The van der Waals surface area contributed by atoms with Crippen LogP contribution in [0.2, 0.25) is 5.02 Å². The summed E-state index contributed by atoms with van der Waals surface area (Å²) in [6, 6.07) is 3.35. The molecule has 0 radical (unpaired) electrons. The number of esters is 1. The normalized spacial score (nSPS) is 15.2. The van der Waals surface area contributed by atoms with Gasteiger partial charge in [0.15, 0.2) is 11.5 Å². The summed E-state index contributed by atoms with van der Waals surface area (Å²) < 4.78 is 15.9. The minimum atomic E-state index is -0.802. The molecule has 0 bridgehead atoms. The standard InChI is InChI=1S/C15H19ClO5/c1-2-19-14(18)5-4-12(17)10-8-11(16)15-13(9-10)20-6-3-7-21-15/h8-9,12,17H,2-7H2,1H3. The van der Waals surface area contributed by atoms with Gasteiger partial charge in [-0.2, -0.15) is 0 Å². The Morgan fingerprint density at radius 2 is 2.19 bits per heavy atom. The topological polar surface area (TPSA) is 65.0 Å². The average molecular weight is 315 g/mol. The lowest BCUT2D eigenvalue weighted by molar-refractivity contribution is -0.143. The molecule has 1 N–H and O–H groups in total. The highest BCUT2D eigenvalue weighted by Gasteiger charge is 2.19. The number of hydrogen-bond donors (Lipinski definition) is 1. The van der Waals surface area contributed by atoms with Crippen molar-refractivity contribution in [3.05, 3.63) is 22.7 Å². The number of fused-ring (bicyclic) bond motifs is 1. The van der Waals surface area contributed by atoms with E-state index in [0.29, 0.717) is 41.9 Å². The number of carbonyl (C=O) groups is 1. The molecule has 0 aromatic heterocycles. The molecule has 21 heavy (non-hydrogen) atoms. The molecule has 2 rings (SSSR count). The summed E-state index contributed by atoms with van der Waals surface area (Å²) in [5, 5.41) is 10.6. The van der Waals surface area contributed by atoms with Gasteiger partial charge in [0.05, 0.1) is 30.9 Å². The highest BCUT2D eigenvalue weighted by Crippen LogP contribution is 2.39. The molecule has 5 nitrogen and oxygen atoms in total. The van der Waals surface area contributed by atoms with Gasteiger partial charge in [-0.25, -0.2) is 0 Å². The third-order valence-electron chi connectivity index (χ3n) is 3.14. The molecule has 1 aromatic carbocycles. The number of ether oxygens (including phenoxy) is 3. The maximum absolute atomic E-state index is 11.3. The van der Waals surface area contributed by atoms with Gasteiger partial charge in [-0.3, -0.25) is 4.79 Å². The van der Waals surface area contributed by atoms with Crippen molar-refractivity contribution in [2.24, 2.45) is 0 Å². The molecule has 1 atom stereocenters. The Morgan fingerprint density at radius 3 is 2.95 bits per heavy atom. The molecule has 0 spiro atoms. The molecule has 0 saturated carbocycles. The van der Waals surface area contributed by atoms with Crippen LogP contribution in [0.25, 0.3) is 0 Å². The fourth-order valence-corrected chi connectivity index (χ4v) is 2.37. The van der Waals surface area contributed by atoms with Crippen molar-refractivity contribution in [1.29, 1.82) is 0 Å². The van der Waals surface area contributed by atoms with E-state index in [1.807, 2.05) is 0 Å². The minimum absolute atomic E-state index is 0.154. The minimum Gasteiger partial charge on any atom is -0.489 e. The van der Waals surface area contributed by atoms with Gasteiger partial charge >= 0.3 is 5.97 Å². The van der Waals surface area contributed by atoms with Crippen molar-refractivity contribution >= 4 is 17.6 Å². The van der Waals surface area contributed by atoms with E-state index < -0.39 is 6.10 Å². The summed E-state index contributed by atoms with van der Waals surface area (Å²) in [4.78, 5) is 11.3. The third kappa shape index (κ3) is 4.25. The summed E-state index contributed by atoms with van der Waals surface area (Å²) in [7, 11) is 0. The number of benzene rings is 1. The summed E-state index contributed by atoms with van der Waals surface area (Å²) in [5.41, 5.74) is 0.605. The number of carbonyl (C=O) groups excluding carboxylic acids is 1. The van der Waals surface area contributed by atoms with Crippen LogP contribution in [0.5, 0.6) is 11.5 Å². The van der Waals surface area contributed by atoms with Crippen LogP contribution >= 0.6 is 11.6 Å². The highest BCUT2D eigenvalue weighted by molar-refractivity contribution is 6.32. The Labute approximate surface area is 128 Å². The molecule has 116 valence electrons. The number of rotatable bonds is 5. The zero-order chi connectivity index (χ0) is 15.2. The van der Waals surface area contributed by atoms with E-state index in [9.17, 15) is 9.90 Å². The number of aliphatic hydroxyl groups excluding tert-OH is 1. The summed E-state index contributed by atoms with van der Waals surface area (Å²) in [5.74, 6) is 0.720. The van der Waals surface area contributed by atoms with Gasteiger partial charge in [-0.1, -0.05) is 11.6 Å². The van der Waals surface area contributed by atoms with E-state index in [2.05, 4.69) is 0 Å². The molecule has 1 heterocycles. The Bertz CT molecular complexity index is 503. The molecule has 0 saturated heterocycles. The van der Waals surface area contributed by atoms with Crippen LogP contribution in [0.15, 0.2) is 12.1 Å². The van der Waals surface area contributed by atoms with Crippen LogP contribution in [0, 0.1) is 0 Å². The second-order valence-corrected chi connectivity index (χ2v) is 5.15. The van der Waals surface area contributed by atoms with Crippen molar-refractivity contribution in [3.63, 3.8) is 0 Å². The van der Waals surface area contributed by atoms with Crippen LogP contribution in [-0.4, -0.2) is 30.9 Å². The maximum Gasteiger partial charge on any atom is 0.305 e. The Morgan fingerprint density at radius 1 is 1.43 bits per heavy atom. The van der Waals surface area contributed by atoms with Gasteiger partial charge in [0.2, 0.25) is 0 Å². The lowest BCUT2D eigenvalue weighted by atomic mass is 10.0. The fourth-order valence-electron chi connectivity index (χ4n) is 2.10. The molecule has 0 aliphatic carbocycles. The van der Waals surface area contributed by atoms with Crippen LogP contribution in [0.4, 0.5) is 0 Å². The summed E-state index contributed by atoms with van der Waals surface area (Å²) in [6.45, 7) is 3.19. The fraction of sp³-hybridized carbons (Fsp3) is 0.533. The number of halogens is 1. The largest absolute Gasteiger partial charge is 0.489 e. The first-order chi connectivity index (χ1) is 10.1. The average Bonchev–Trinajstić information content (AvgIpc) is 2.70. The monoisotopic (exact) mass is 314 g/mol. The third-order valence-corrected chi connectivity index (χ3v) is 3.42. The van der Waals surface area contributed by atoms with E-state index in [4.69, 9.17) is 25.8 Å². The molecule has 0 amide bonds. The van der Waals surface area contributed by atoms with Crippen LogP contribution in [0.3, 0.4) is 0 Å². The van der Waals surface area contributed by atoms with Gasteiger partial charge in [-0.05, 0) is 31.0 Å². The molecular formula is C15H19ClO5. The van der Waals surface area contributed by atoms with Gasteiger partial charge in [0.1, 0.15) is 0 Å². The zero-order valence-electron chi connectivity index (χ0n) is 11.9. The van der Waals surface area contributed by atoms with Crippen molar-refractivity contribution in [1.82, 2.24) is 0 Å². The quantitative estimate of drug-likeness (QED) is 0.847. The van der Waals surface area contributed by atoms with Crippen molar-refractivity contribution in [2.45, 2.75) is 32.3 Å². The van der Waals surface area contributed by atoms with Crippen molar-refractivity contribution in [3.8, 4) is 11.5 Å². The van der Waals surface area contributed by atoms with E-state index in [0.717, 1.165) is 6.42 Å². The van der Waals surface area contributed by atoms with E-state index in [-0.39, 0.29) is 18.8 Å². The van der Waals surface area contributed by atoms with Crippen LogP contribution in [-0.2, 0) is 9.53 Å². The Hall–Kier alpha value is -1.46. The Kier molecular flexibility index (Phi) is 5.70. The van der Waals surface area contributed by atoms with Gasteiger partial charge in [-0.15, -0.1) is 0 Å². The highest BCUT2D eigenvalue weighted by atomic mass is 35.5. The van der Waals surface area contributed by atoms with Crippen LogP contribution in [0.1, 0.15) is 37.9 Å². The van der Waals surface area contributed by atoms with Crippen LogP contribution < -0.4 is 9.47 Å². The van der Waals surface area contributed by atoms with E-state index in [1.165, 1.54) is 0 Å². The predicted octanol–water partition coefficient (Wildman–Crippen LogP) is 2.88. The summed E-state index contributed by atoms with van der Waals surface area (Å²) >= 11 is 6.17. The number of hydrogen-bond acceptors (Lipinski definition) is 5. The first-order valence-electron chi connectivity index (χ1n) is 7.04. The molecule has 1 unspecified atom stereocenters. The molecule has 0 fully saturated rings. The van der Waals surface area contributed by atoms with Gasteiger partial charge < -0.3 is 19.3 Å². The second kappa shape index (κ2) is 7.52. The van der Waals surface area contributed by atoms with Gasteiger partial charge in [0, 0.05) is 12.8 Å². The lowest BCUT2D eigenvalue weighted by Crippen LogP contribution is -2.07. The first-order valence-corrected chi connectivity index (χ1v) is 7.42. The first kappa shape index (κ1) is 15.9. The van der Waals surface area contributed by atoms with Gasteiger partial charge in [0.25, 0.3) is 0 Å². The zero-order valence-corrected chi connectivity index (χ0v) is 12.7. The van der Waals surface area contributed by atoms with E-state index in [1.54, 1.807) is 19.1 Å². The van der Waals surface area contributed by atoms with E-state index >= 15 is 0 Å². The van der Waals surface area contributed by atoms with Crippen molar-refractivity contribution < 1.29 is 24.1 Å².